The number of dihydropyridines is 1. The van der Waals surface area contributed by atoms with Crippen LogP contribution in [0, 0.1) is 0 Å². The molecule has 0 fully saturated rings. The van der Waals surface area contributed by atoms with Gasteiger partial charge in [0.25, 0.3) is 0 Å². The molecule has 1 aliphatic rings. The van der Waals surface area contributed by atoms with E-state index in [1.165, 1.54) is 0 Å². The average molecular weight is 480 g/mol. The van der Waals surface area contributed by atoms with Gasteiger partial charge in [0.05, 0.1) is 48.8 Å². The zero-order valence-electron chi connectivity index (χ0n) is 18.6. The average Bonchev–Trinajstić information content (AvgIpc) is 2.76. The van der Waals surface area contributed by atoms with Gasteiger partial charge in [-0.2, -0.15) is 0 Å². The second kappa shape index (κ2) is 12.1. The largest absolute Gasteiger partial charge is 0.481 e. The van der Waals surface area contributed by atoms with Crippen LogP contribution in [-0.4, -0.2) is 48.8 Å². The molecule has 1 aliphatic heterocycles. The number of carboxylic acid groups (broad SMARTS) is 1. The molecule has 0 bridgehead atoms. The molecule has 0 saturated heterocycles. The third-order valence-corrected chi connectivity index (χ3v) is 5.12. The molecule has 178 valence electrons. The molecule has 9 nitrogen and oxygen atoms in total. The van der Waals surface area contributed by atoms with Gasteiger partial charge in [0.2, 0.25) is 0 Å². The van der Waals surface area contributed by atoms with Crippen molar-refractivity contribution in [2.24, 2.45) is 0 Å². The fourth-order valence-electron chi connectivity index (χ4n) is 3.39. The first-order valence-corrected chi connectivity index (χ1v) is 10.8. The van der Waals surface area contributed by atoms with E-state index in [-0.39, 0.29) is 49.5 Å². The number of esters is 3. The third-order valence-electron chi connectivity index (χ3n) is 4.77. The molecular formula is C23H26ClNO8. The number of hydrogen-bond donors (Lipinski definition) is 2. The number of hydrogen-bond acceptors (Lipinski definition) is 8. The first kappa shape index (κ1) is 25.9. The summed E-state index contributed by atoms with van der Waals surface area (Å²) in [6.45, 7) is 4.76. The molecule has 0 aliphatic carbocycles. The summed E-state index contributed by atoms with van der Waals surface area (Å²) in [7, 11) is 0. The van der Waals surface area contributed by atoms with Crippen molar-refractivity contribution in [3.63, 3.8) is 0 Å². The van der Waals surface area contributed by atoms with Crippen LogP contribution in [0.3, 0.4) is 0 Å². The number of nitrogens with one attached hydrogen (secondary N) is 1. The van der Waals surface area contributed by atoms with Crippen molar-refractivity contribution in [3.8, 4) is 0 Å². The number of allylic oxidation sites excluding steroid dienone is 1. The van der Waals surface area contributed by atoms with E-state index in [2.05, 4.69) is 5.32 Å². The maximum atomic E-state index is 13.0. The lowest BCUT2D eigenvalue weighted by molar-refractivity contribution is -0.147. The molecule has 2 rings (SSSR count). The van der Waals surface area contributed by atoms with Crippen molar-refractivity contribution in [1.82, 2.24) is 5.32 Å². The summed E-state index contributed by atoms with van der Waals surface area (Å²) in [4.78, 5) is 48.6. The monoisotopic (exact) mass is 479 g/mol. The summed E-state index contributed by atoms with van der Waals surface area (Å²) in [5.74, 6) is -4.17. The fraction of sp³-hybridized carbons (Fsp3) is 0.391. The van der Waals surface area contributed by atoms with Crippen LogP contribution in [0.1, 0.15) is 45.1 Å². The van der Waals surface area contributed by atoms with Gasteiger partial charge in [0.1, 0.15) is 6.61 Å². The van der Waals surface area contributed by atoms with E-state index >= 15 is 0 Å². The second-order valence-electron chi connectivity index (χ2n) is 7.01. The molecule has 33 heavy (non-hydrogen) atoms. The normalized spacial score (nSPS) is 15.6. The molecule has 0 amide bonds. The smallest absolute Gasteiger partial charge is 0.336 e. The number of rotatable bonds is 10. The minimum absolute atomic E-state index is 0.0460. The highest BCUT2D eigenvalue weighted by Gasteiger charge is 2.40. The lowest BCUT2D eigenvalue weighted by atomic mass is 9.80. The van der Waals surface area contributed by atoms with Crippen molar-refractivity contribution >= 4 is 35.5 Å². The molecule has 1 atom stereocenters. The molecule has 1 aromatic carbocycles. The summed E-state index contributed by atoms with van der Waals surface area (Å²) < 4.78 is 15.7. The lowest BCUT2D eigenvalue weighted by Gasteiger charge is -2.31. The van der Waals surface area contributed by atoms with Crippen molar-refractivity contribution in [2.75, 3.05) is 19.8 Å². The molecular weight excluding hydrogens is 454 g/mol. The van der Waals surface area contributed by atoms with E-state index in [9.17, 15) is 19.2 Å². The van der Waals surface area contributed by atoms with Crippen LogP contribution in [0.2, 0.25) is 5.02 Å². The van der Waals surface area contributed by atoms with Crippen molar-refractivity contribution in [3.05, 3.63) is 57.4 Å². The Labute approximate surface area is 196 Å². The van der Waals surface area contributed by atoms with Gasteiger partial charge in [-0.3, -0.25) is 9.59 Å². The van der Waals surface area contributed by atoms with Crippen LogP contribution in [0.5, 0.6) is 0 Å². The highest BCUT2D eigenvalue weighted by molar-refractivity contribution is 6.31. The summed E-state index contributed by atoms with van der Waals surface area (Å²) in [5.41, 5.74) is 1.29. The second-order valence-corrected chi connectivity index (χ2v) is 7.41. The SMILES string of the molecule is CCOC(=O)C1=C(C)NC(COC(=O)CCC(=O)O)=C(C(=O)OCC)C1c1ccccc1Cl. The van der Waals surface area contributed by atoms with Crippen LogP contribution < -0.4 is 5.32 Å². The van der Waals surface area contributed by atoms with E-state index in [1.54, 1.807) is 45.0 Å². The highest BCUT2D eigenvalue weighted by atomic mass is 35.5. The number of carboxylic acids is 1. The maximum absolute atomic E-state index is 13.0. The summed E-state index contributed by atoms with van der Waals surface area (Å²) in [6.07, 6.45) is -0.710. The van der Waals surface area contributed by atoms with Crippen LogP contribution in [0.25, 0.3) is 0 Å². The van der Waals surface area contributed by atoms with E-state index < -0.39 is 29.8 Å². The molecule has 0 radical (unpaired) electrons. The standard InChI is InChI=1S/C23H26ClNO8/c1-4-31-22(29)19-13(3)25-16(12-33-18(28)11-10-17(26)27)21(23(30)32-5-2)20(19)14-8-6-7-9-15(14)24/h6-9,20,25H,4-5,10-12H2,1-3H3,(H,26,27). The van der Waals surface area contributed by atoms with Gasteiger partial charge in [-0.1, -0.05) is 29.8 Å². The third kappa shape index (κ3) is 6.58. The molecule has 2 N–H and O–H groups in total. The van der Waals surface area contributed by atoms with Crippen molar-refractivity contribution in [2.45, 2.75) is 39.5 Å². The fourth-order valence-corrected chi connectivity index (χ4v) is 3.64. The van der Waals surface area contributed by atoms with E-state index in [0.717, 1.165) is 0 Å². The Morgan fingerprint density at radius 1 is 0.970 bits per heavy atom. The Balaban J connectivity index is 2.57. The Kier molecular flexibility index (Phi) is 9.47. The van der Waals surface area contributed by atoms with Gasteiger partial charge in [-0.15, -0.1) is 0 Å². The van der Waals surface area contributed by atoms with Gasteiger partial charge in [0, 0.05) is 10.7 Å². The first-order chi connectivity index (χ1) is 15.7. The maximum Gasteiger partial charge on any atom is 0.336 e. The molecule has 1 unspecified atom stereocenters. The van der Waals surface area contributed by atoms with E-state index in [4.69, 9.17) is 30.9 Å². The van der Waals surface area contributed by atoms with Gasteiger partial charge >= 0.3 is 23.9 Å². The van der Waals surface area contributed by atoms with Crippen LogP contribution in [0.4, 0.5) is 0 Å². The number of carbonyl (C=O) groups is 4. The zero-order chi connectivity index (χ0) is 24.5. The minimum atomic E-state index is -1.13. The summed E-state index contributed by atoms with van der Waals surface area (Å²) >= 11 is 6.43. The number of ether oxygens (including phenoxy) is 3. The van der Waals surface area contributed by atoms with Gasteiger partial charge in [0.15, 0.2) is 0 Å². The quantitative estimate of drug-likeness (QED) is 0.384. The molecule has 0 spiro atoms. The predicted octanol–water partition coefficient (Wildman–Crippen LogP) is 3.09. The summed E-state index contributed by atoms with van der Waals surface area (Å²) in [6, 6.07) is 6.74. The van der Waals surface area contributed by atoms with Crippen LogP contribution >= 0.6 is 11.6 Å². The number of benzene rings is 1. The molecule has 10 heteroatoms. The van der Waals surface area contributed by atoms with Crippen LogP contribution in [0.15, 0.2) is 46.8 Å². The molecule has 0 aromatic heterocycles. The molecule has 1 heterocycles. The predicted molar refractivity (Wildman–Crippen MR) is 118 cm³/mol. The highest BCUT2D eigenvalue weighted by Crippen LogP contribution is 2.41. The van der Waals surface area contributed by atoms with Gasteiger partial charge in [-0.25, -0.2) is 9.59 Å². The topological polar surface area (TPSA) is 128 Å². The van der Waals surface area contributed by atoms with Crippen molar-refractivity contribution in [1.29, 1.82) is 0 Å². The number of aliphatic carboxylic acids is 1. The van der Waals surface area contributed by atoms with Crippen molar-refractivity contribution < 1.29 is 38.5 Å². The van der Waals surface area contributed by atoms with E-state index in [1.807, 2.05) is 0 Å². The Hall–Kier alpha value is -3.33. The minimum Gasteiger partial charge on any atom is -0.481 e. The van der Waals surface area contributed by atoms with Gasteiger partial charge < -0.3 is 24.6 Å². The Morgan fingerprint density at radius 3 is 2.15 bits per heavy atom. The molecule has 1 aromatic rings. The number of halogens is 1. The summed E-state index contributed by atoms with van der Waals surface area (Å²) in [5, 5.41) is 12.0. The lowest BCUT2D eigenvalue weighted by Crippen LogP contribution is -2.35. The Bertz CT molecular complexity index is 998. The molecule has 0 saturated carbocycles. The van der Waals surface area contributed by atoms with Crippen LogP contribution in [-0.2, 0) is 33.4 Å². The van der Waals surface area contributed by atoms with E-state index in [0.29, 0.717) is 16.3 Å². The number of carbonyl (C=O) groups excluding carboxylic acids is 3. The van der Waals surface area contributed by atoms with Gasteiger partial charge in [-0.05, 0) is 32.4 Å². The first-order valence-electron chi connectivity index (χ1n) is 10.4. The zero-order valence-corrected chi connectivity index (χ0v) is 19.4. The Morgan fingerprint density at radius 2 is 1.58 bits per heavy atom.